The number of carbonyl (C=O) groups excluding carboxylic acids is 2. The van der Waals surface area contributed by atoms with Gasteiger partial charge in [-0.25, -0.2) is 0 Å². The van der Waals surface area contributed by atoms with Crippen molar-refractivity contribution in [3.63, 3.8) is 0 Å². The highest BCUT2D eigenvalue weighted by Crippen LogP contribution is 2.22. The molecular weight excluding hydrogens is 368 g/mol. The second kappa shape index (κ2) is 8.39. The third-order valence-corrected chi connectivity index (χ3v) is 4.70. The van der Waals surface area contributed by atoms with Gasteiger partial charge in [0.2, 0.25) is 0 Å². The van der Waals surface area contributed by atoms with E-state index in [2.05, 4.69) is 5.32 Å². The molecule has 29 heavy (non-hydrogen) atoms. The van der Waals surface area contributed by atoms with Gasteiger partial charge in [-0.3, -0.25) is 9.59 Å². The summed E-state index contributed by atoms with van der Waals surface area (Å²) in [6, 6.07) is 12.6. The lowest BCUT2D eigenvalue weighted by Crippen LogP contribution is -2.44. The predicted octanol–water partition coefficient (Wildman–Crippen LogP) is 4.57. The van der Waals surface area contributed by atoms with Gasteiger partial charge in [-0.1, -0.05) is 18.2 Å². The van der Waals surface area contributed by atoms with E-state index in [1.807, 2.05) is 44.2 Å². The first kappa shape index (κ1) is 20.5. The fourth-order valence-electron chi connectivity index (χ4n) is 3.38. The largest absolute Gasteiger partial charge is 0.466 e. The molecule has 1 atom stereocenters. The number of hydrogen-bond donors (Lipinski definition) is 1. The molecule has 0 saturated heterocycles. The number of carbonyl (C=O) groups is 2. The molecule has 0 radical (unpaired) electrons. The van der Waals surface area contributed by atoms with Crippen LogP contribution in [-0.4, -0.2) is 24.4 Å². The lowest BCUT2D eigenvalue weighted by atomic mass is 10.1. The molecule has 0 aliphatic heterocycles. The molecule has 0 bridgehead atoms. The van der Waals surface area contributed by atoms with Crippen LogP contribution >= 0.6 is 0 Å². The van der Waals surface area contributed by atoms with E-state index in [9.17, 15) is 9.59 Å². The summed E-state index contributed by atoms with van der Waals surface area (Å²) < 4.78 is 11.0. The zero-order valence-electron chi connectivity index (χ0n) is 17.4. The van der Waals surface area contributed by atoms with Crippen LogP contribution in [0.15, 0.2) is 51.3 Å². The molecule has 6 nitrogen and oxygen atoms in total. The van der Waals surface area contributed by atoms with E-state index < -0.39 is 0 Å². The van der Waals surface area contributed by atoms with Gasteiger partial charge in [-0.2, -0.15) is 0 Å². The Morgan fingerprint density at radius 3 is 2.00 bits per heavy atom. The van der Waals surface area contributed by atoms with Crippen LogP contribution in [0.4, 0.5) is 5.69 Å². The van der Waals surface area contributed by atoms with Gasteiger partial charge in [0.25, 0.3) is 11.8 Å². The fraction of sp³-hybridized carbons (Fsp3) is 0.304. The third kappa shape index (κ3) is 4.59. The Balaban J connectivity index is 1.81. The van der Waals surface area contributed by atoms with Crippen LogP contribution in [-0.2, 0) is 0 Å². The maximum absolute atomic E-state index is 13.3. The number of rotatable bonds is 6. The number of anilines is 1. The van der Waals surface area contributed by atoms with E-state index in [4.69, 9.17) is 8.83 Å². The van der Waals surface area contributed by atoms with Crippen LogP contribution in [0.3, 0.4) is 0 Å². The van der Waals surface area contributed by atoms with E-state index in [1.54, 1.807) is 37.8 Å². The van der Waals surface area contributed by atoms with Crippen LogP contribution in [0.1, 0.15) is 50.7 Å². The van der Waals surface area contributed by atoms with E-state index in [1.165, 1.54) is 0 Å². The molecule has 0 saturated carbocycles. The minimum atomic E-state index is -0.283. The molecule has 2 heterocycles. The lowest BCUT2D eigenvalue weighted by Gasteiger charge is -2.26. The molecule has 0 aliphatic carbocycles. The molecule has 0 fully saturated rings. The van der Waals surface area contributed by atoms with Crippen molar-refractivity contribution in [1.82, 2.24) is 5.32 Å². The van der Waals surface area contributed by atoms with Crippen LogP contribution in [0.5, 0.6) is 0 Å². The van der Waals surface area contributed by atoms with Crippen molar-refractivity contribution in [2.24, 2.45) is 0 Å². The van der Waals surface area contributed by atoms with Crippen LogP contribution in [0.2, 0.25) is 0 Å². The van der Waals surface area contributed by atoms with Gasteiger partial charge in [-0.15, -0.1) is 0 Å². The molecule has 1 unspecified atom stereocenters. The topological polar surface area (TPSA) is 75.7 Å². The molecule has 2 amide bonds. The molecule has 6 heteroatoms. The Hall–Kier alpha value is -3.28. The Morgan fingerprint density at radius 1 is 0.931 bits per heavy atom. The predicted molar refractivity (Wildman–Crippen MR) is 111 cm³/mol. The normalized spacial score (nSPS) is 11.9. The fourth-order valence-corrected chi connectivity index (χ4v) is 3.38. The van der Waals surface area contributed by atoms with Gasteiger partial charge in [0.1, 0.15) is 23.0 Å². The highest BCUT2D eigenvalue weighted by molar-refractivity contribution is 6.07. The van der Waals surface area contributed by atoms with Crippen LogP contribution in [0, 0.1) is 27.7 Å². The Morgan fingerprint density at radius 2 is 1.48 bits per heavy atom. The number of para-hydroxylation sites is 1. The summed E-state index contributed by atoms with van der Waals surface area (Å²) in [5.41, 5.74) is 1.78. The maximum Gasteiger partial charge on any atom is 0.261 e. The first-order valence-electron chi connectivity index (χ1n) is 9.58. The van der Waals surface area contributed by atoms with Crippen molar-refractivity contribution in [3.8, 4) is 0 Å². The summed E-state index contributed by atoms with van der Waals surface area (Å²) in [6.07, 6.45) is 0. The Bertz CT molecular complexity index is 1020. The summed E-state index contributed by atoms with van der Waals surface area (Å²) >= 11 is 0. The number of nitrogens with zero attached hydrogens (tertiary/aromatic N) is 1. The number of nitrogens with one attached hydrogen (secondary N) is 1. The molecule has 0 aliphatic rings. The van der Waals surface area contributed by atoms with Gasteiger partial charge >= 0.3 is 0 Å². The minimum absolute atomic E-state index is 0.165. The van der Waals surface area contributed by atoms with Gasteiger partial charge in [0.05, 0.1) is 11.1 Å². The summed E-state index contributed by atoms with van der Waals surface area (Å²) in [5.74, 6) is 2.14. The Kier molecular flexibility index (Phi) is 5.92. The van der Waals surface area contributed by atoms with Crippen molar-refractivity contribution < 1.29 is 18.4 Å². The van der Waals surface area contributed by atoms with Gasteiger partial charge in [0, 0.05) is 18.3 Å². The first-order chi connectivity index (χ1) is 13.8. The third-order valence-electron chi connectivity index (χ3n) is 4.70. The number of amides is 2. The van der Waals surface area contributed by atoms with E-state index in [0.29, 0.717) is 40.7 Å². The highest BCUT2D eigenvalue weighted by Gasteiger charge is 2.25. The molecule has 2 aromatic heterocycles. The van der Waals surface area contributed by atoms with Crippen LogP contribution < -0.4 is 10.2 Å². The number of benzene rings is 1. The first-order valence-corrected chi connectivity index (χ1v) is 9.58. The van der Waals surface area contributed by atoms with Gasteiger partial charge in [-0.05, 0) is 58.9 Å². The van der Waals surface area contributed by atoms with Gasteiger partial charge in [0.15, 0.2) is 0 Å². The molecular formula is C23H26N2O4. The molecule has 3 rings (SSSR count). The Labute approximate surface area is 170 Å². The van der Waals surface area contributed by atoms with Crippen LogP contribution in [0.25, 0.3) is 0 Å². The minimum Gasteiger partial charge on any atom is -0.466 e. The standard InChI is InChI=1S/C23H26N2O4/c1-14(24-22(26)20-11-15(2)28-17(20)4)13-25(19-9-7-6-8-10-19)23(27)21-12-16(3)29-18(21)5/h6-12,14H,13H2,1-5H3,(H,24,26). The highest BCUT2D eigenvalue weighted by atomic mass is 16.3. The van der Waals surface area contributed by atoms with Crippen molar-refractivity contribution >= 4 is 17.5 Å². The molecule has 0 spiro atoms. The molecule has 3 aromatic rings. The molecule has 1 N–H and O–H groups in total. The summed E-state index contributed by atoms with van der Waals surface area (Å²) in [7, 11) is 0. The maximum atomic E-state index is 13.3. The SMILES string of the molecule is Cc1cc(C(=O)NC(C)CN(C(=O)c2cc(C)oc2C)c2ccccc2)c(C)o1. The second-order valence-corrected chi connectivity index (χ2v) is 7.28. The summed E-state index contributed by atoms with van der Waals surface area (Å²) in [4.78, 5) is 27.5. The van der Waals surface area contributed by atoms with Crippen molar-refractivity contribution in [2.45, 2.75) is 40.7 Å². The smallest absolute Gasteiger partial charge is 0.261 e. The molecule has 152 valence electrons. The number of aryl methyl sites for hydroxylation is 4. The van der Waals surface area contributed by atoms with Crippen molar-refractivity contribution in [1.29, 1.82) is 0 Å². The average molecular weight is 394 g/mol. The number of hydrogen-bond acceptors (Lipinski definition) is 4. The van der Waals surface area contributed by atoms with E-state index >= 15 is 0 Å². The monoisotopic (exact) mass is 394 g/mol. The molecule has 1 aromatic carbocycles. The van der Waals surface area contributed by atoms with E-state index in [-0.39, 0.29) is 17.9 Å². The van der Waals surface area contributed by atoms with E-state index in [0.717, 1.165) is 5.69 Å². The average Bonchev–Trinajstić information content (AvgIpc) is 3.19. The lowest BCUT2D eigenvalue weighted by molar-refractivity contribution is 0.0926. The van der Waals surface area contributed by atoms with Crippen molar-refractivity contribution in [3.05, 3.63) is 76.6 Å². The zero-order valence-corrected chi connectivity index (χ0v) is 17.4. The van der Waals surface area contributed by atoms with Gasteiger partial charge < -0.3 is 19.1 Å². The summed E-state index contributed by atoms with van der Waals surface area (Å²) in [6.45, 7) is 9.34. The zero-order chi connectivity index (χ0) is 21.1. The second-order valence-electron chi connectivity index (χ2n) is 7.28. The summed E-state index contributed by atoms with van der Waals surface area (Å²) in [5, 5.41) is 2.96. The quantitative estimate of drug-likeness (QED) is 0.664. The number of furan rings is 2. The van der Waals surface area contributed by atoms with Crippen molar-refractivity contribution in [2.75, 3.05) is 11.4 Å².